The number of nitrogens with one attached hydrogen (secondary N) is 2. The van der Waals surface area contributed by atoms with Crippen molar-refractivity contribution in [2.75, 3.05) is 6.61 Å². The van der Waals surface area contributed by atoms with Gasteiger partial charge >= 0.3 is 0 Å². The van der Waals surface area contributed by atoms with Crippen molar-refractivity contribution in [3.63, 3.8) is 0 Å². The summed E-state index contributed by atoms with van der Waals surface area (Å²) in [6.07, 6.45) is 4.87. The molecule has 1 aromatic heterocycles. The molecule has 3 atom stereocenters. The van der Waals surface area contributed by atoms with Crippen LogP contribution >= 0.6 is 0 Å². The monoisotopic (exact) mass is 418 g/mol. The molecule has 0 saturated carbocycles. The summed E-state index contributed by atoms with van der Waals surface area (Å²) in [5.41, 5.74) is 0.678. The van der Waals surface area contributed by atoms with Crippen LogP contribution in [0.4, 0.5) is 0 Å². The normalized spacial score (nSPS) is 21.6. The van der Waals surface area contributed by atoms with Gasteiger partial charge in [0, 0.05) is 6.20 Å². The number of amides is 1. The average Bonchev–Trinajstić information content (AvgIpc) is 2.74. The van der Waals surface area contributed by atoms with Gasteiger partial charge in [-0.3, -0.25) is 4.79 Å². The molecule has 0 fully saturated rings. The lowest BCUT2D eigenvalue weighted by Crippen LogP contribution is -2.49. The van der Waals surface area contributed by atoms with Crippen LogP contribution in [0.3, 0.4) is 0 Å². The molecule has 0 unspecified atom stereocenters. The van der Waals surface area contributed by atoms with Crippen LogP contribution in [0, 0.1) is 0 Å². The molecule has 10 heteroatoms. The van der Waals surface area contributed by atoms with Crippen LogP contribution in [-0.2, 0) is 26.1 Å². The van der Waals surface area contributed by atoms with Crippen molar-refractivity contribution in [2.45, 2.75) is 36.1 Å². The Balaban J connectivity index is 1.57. The van der Waals surface area contributed by atoms with E-state index in [1.54, 1.807) is 42.6 Å². The number of hydrogen-bond acceptors (Lipinski definition) is 7. The molecular weight excluding hydrogens is 396 g/mol. The fourth-order valence-corrected chi connectivity index (χ4v) is 4.06. The Morgan fingerprint density at radius 1 is 1.17 bits per heavy atom. The number of aliphatic hydroxyl groups excluding tert-OH is 1. The van der Waals surface area contributed by atoms with Gasteiger partial charge in [0.15, 0.2) is 0 Å². The Bertz CT molecular complexity index is 938. The zero-order chi connectivity index (χ0) is 20.7. The molecule has 0 aliphatic carbocycles. The lowest BCUT2D eigenvalue weighted by Gasteiger charge is -2.31. The van der Waals surface area contributed by atoms with Gasteiger partial charge in [-0.1, -0.05) is 30.4 Å². The highest BCUT2D eigenvalue weighted by Crippen LogP contribution is 2.18. The van der Waals surface area contributed by atoms with E-state index in [1.165, 1.54) is 18.5 Å². The molecule has 29 heavy (non-hydrogen) atoms. The first-order valence-corrected chi connectivity index (χ1v) is 10.5. The highest BCUT2D eigenvalue weighted by atomic mass is 32.2. The molecule has 3 N–H and O–H groups in total. The number of aromatic nitrogens is 2. The Hall–Kier alpha value is -2.66. The molecule has 0 radical (unpaired) electrons. The minimum Gasteiger partial charge on any atom is -0.394 e. The molecule has 0 saturated heterocycles. The highest BCUT2D eigenvalue weighted by Gasteiger charge is 2.31. The van der Waals surface area contributed by atoms with Gasteiger partial charge in [-0.15, -0.1) is 0 Å². The molecule has 9 nitrogen and oxygen atoms in total. The lowest BCUT2D eigenvalue weighted by molar-refractivity contribution is -0.125. The fourth-order valence-electron chi connectivity index (χ4n) is 2.82. The number of carbonyl (C=O) groups is 1. The SMILES string of the molecule is O=C(C[C@H]1C=C[C@H](NS(=O)(=O)c2ccccc2)[C@@H](CO)O1)NCc1ccncn1. The van der Waals surface area contributed by atoms with Gasteiger partial charge in [0.2, 0.25) is 15.9 Å². The van der Waals surface area contributed by atoms with E-state index in [9.17, 15) is 18.3 Å². The van der Waals surface area contributed by atoms with Crippen LogP contribution in [-0.4, -0.2) is 54.3 Å². The number of benzene rings is 1. The van der Waals surface area contributed by atoms with Gasteiger partial charge in [0.25, 0.3) is 0 Å². The fraction of sp³-hybridized carbons (Fsp3) is 0.316. The van der Waals surface area contributed by atoms with Gasteiger partial charge in [-0.2, -0.15) is 0 Å². The molecular formula is C19H22N4O5S. The van der Waals surface area contributed by atoms with Gasteiger partial charge in [-0.05, 0) is 18.2 Å². The zero-order valence-electron chi connectivity index (χ0n) is 15.5. The van der Waals surface area contributed by atoms with E-state index in [1.807, 2.05) is 0 Å². The minimum atomic E-state index is -3.77. The topological polar surface area (TPSA) is 131 Å². The van der Waals surface area contributed by atoms with Gasteiger partial charge < -0.3 is 15.2 Å². The zero-order valence-corrected chi connectivity index (χ0v) is 16.3. The summed E-state index contributed by atoms with van der Waals surface area (Å²) >= 11 is 0. The maximum Gasteiger partial charge on any atom is 0.241 e. The van der Waals surface area contributed by atoms with Crippen LogP contribution in [0.25, 0.3) is 0 Å². The summed E-state index contributed by atoms with van der Waals surface area (Å²) in [7, 11) is -3.77. The molecule has 2 heterocycles. The third-order valence-corrected chi connectivity index (χ3v) is 5.78. The second-order valence-corrected chi connectivity index (χ2v) is 8.14. The lowest BCUT2D eigenvalue weighted by atomic mass is 10.1. The van der Waals surface area contributed by atoms with E-state index in [0.29, 0.717) is 5.69 Å². The molecule has 3 rings (SSSR count). The average molecular weight is 418 g/mol. The third kappa shape index (κ3) is 5.91. The second kappa shape index (κ2) is 9.70. The molecule has 2 aromatic rings. The smallest absolute Gasteiger partial charge is 0.241 e. The Kier molecular flexibility index (Phi) is 7.04. The quantitative estimate of drug-likeness (QED) is 0.520. The van der Waals surface area contributed by atoms with Gasteiger partial charge in [0.1, 0.15) is 12.4 Å². The standard InChI is InChI=1S/C19H22N4O5S/c24-12-18-17(23-29(26,27)16-4-2-1-3-5-16)7-6-15(28-18)10-19(25)21-11-14-8-9-20-13-22-14/h1-9,13,15,17-18,23-24H,10-12H2,(H,21,25)/t15-,17+,18-/m1/s1. The summed E-state index contributed by atoms with van der Waals surface area (Å²) in [5, 5.41) is 12.4. The van der Waals surface area contributed by atoms with Crippen molar-refractivity contribution in [1.29, 1.82) is 0 Å². The van der Waals surface area contributed by atoms with E-state index in [2.05, 4.69) is 20.0 Å². The summed E-state index contributed by atoms with van der Waals surface area (Å²) < 4.78 is 33.2. The van der Waals surface area contributed by atoms with Crippen LogP contribution in [0.2, 0.25) is 0 Å². The number of hydrogen-bond donors (Lipinski definition) is 3. The number of nitrogens with zero attached hydrogens (tertiary/aromatic N) is 2. The number of aliphatic hydroxyl groups is 1. The first-order chi connectivity index (χ1) is 14.0. The molecule has 1 aliphatic rings. The summed E-state index contributed by atoms with van der Waals surface area (Å²) in [6.45, 7) is -0.133. The van der Waals surface area contributed by atoms with Crippen molar-refractivity contribution >= 4 is 15.9 Å². The number of carbonyl (C=O) groups excluding carboxylic acids is 1. The number of rotatable bonds is 8. The van der Waals surface area contributed by atoms with Crippen LogP contribution in [0.5, 0.6) is 0 Å². The molecule has 0 bridgehead atoms. The Morgan fingerprint density at radius 2 is 1.97 bits per heavy atom. The molecule has 1 aliphatic heterocycles. The summed E-state index contributed by atoms with van der Waals surface area (Å²) in [4.78, 5) is 20.1. The van der Waals surface area contributed by atoms with Crippen molar-refractivity contribution in [3.8, 4) is 0 Å². The summed E-state index contributed by atoms with van der Waals surface area (Å²) in [5.74, 6) is -0.252. The molecule has 1 aromatic carbocycles. The first kappa shape index (κ1) is 21.1. The van der Waals surface area contributed by atoms with Crippen LogP contribution in [0.15, 0.2) is 66.0 Å². The predicted octanol–water partition coefficient (Wildman–Crippen LogP) is 0.146. The van der Waals surface area contributed by atoms with Crippen LogP contribution in [0.1, 0.15) is 12.1 Å². The van der Waals surface area contributed by atoms with E-state index < -0.39 is 34.9 Å². The van der Waals surface area contributed by atoms with Crippen LogP contribution < -0.4 is 10.0 Å². The minimum absolute atomic E-state index is 0.0379. The first-order valence-electron chi connectivity index (χ1n) is 9.01. The van der Waals surface area contributed by atoms with Crippen molar-refractivity contribution < 1.29 is 23.1 Å². The maximum absolute atomic E-state index is 12.5. The van der Waals surface area contributed by atoms with E-state index >= 15 is 0 Å². The van der Waals surface area contributed by atoms with E-state index in [-0.39, 0.29) is 23.8 Å². The molecule has 154 valence electrons. The van der Waals surface area contributed by atoms with E-state index in [0.717, 1.165) is 0 Å². The van der Waals surface area contributed by atoms with Gasteiger partial charge in [-0.25, -0.2) is 23.1 Å². The van der Waals surface area contributed by atoms with Crippen molar-refractivity contribution in [1.82, 2.24) is 20.0 Å². The van der Waals surface area contributed by atoms with Crippen molar-refractivity contribution in [3.05, 3.63) is 66.8 Å². The molecule has 0 spiro atoms. The molecule has 1 amide bonds. The highest BCUT2D eigenvalue weighted by molar-refractivity contribution is 7.89. The largest absolute Gasteiger partial charge is 0.394 e. The third-order valence-electron chi connectivity index (χ3n) is 4.30. The number of sulfonamides is 1. The van der Waals surface area contributed by atoms with Gasteiger partial charge in [0.05, 0.1) is 42.3 Å². The number of ether oxygens (including phenoxy) is 1. The van der Waals surface area contributed by atoms with Crippen molar-refractivity contribution in [2.24, 2.45) is 0 Å². The van der Waals surface area contributed by atoms with E-state index in [4.69, 9.17) is 4.74 Å². The second-order valence-electron chi connectivity index (χ2n) is 6.42. The maximum atomic E-state index is 12.5. The Morgan fingerprint density at radius 3 is 2.66 bits per heavy atom. The summed E-state index contributed by atoms with van der Waals surface area (Å²) in [6, 6.07) is 8.89. The Labute approximate surface area is 168 Å². The predicted molar refractivity (Wildman–Crippen MR) is 104 cm³/mol.